The Balaban J connectivity index is -0.0000000267. The molecule has 0 rings (SSSR count). The summed E-state index contributed by atoms with van der Waals surface area (Å²) in [6, 6.07) is 0. The van der Waals surface area contributed by atoms with Crippen LogP contribution in [0.5, 0.6) is 0 Å². The molecule has 0 aliphatic carbocycles. The van der Waals surface area contributed by atoms with Crippen LogP contribution in [0.3, 0.4) is 0 Å². The fourth-order valence-electron chi connectivity index (χ4n) is 0. The molecule has 0 saturated carbocycles. The Kier molecular flexibility index (Phi) is 10.5. The van der Waals surface area contributed by atoms with Gasteiger partial charge >= 0.3 is 59.4 Å². The molecule has 4 nitrogen and oxygen atoms in total. The minimum atomic E-state index is -2.42. The van der Waals surface area contributed by atoms with Crippen molar-refractivity contribution < 1.29 is 11.3 Å². The Bertz CT molecular complexity index is 121. The molecule has 0 radical (unpaired) electrons. The van der Waals surface area contributed by atoms with Gasteiger partial charge in [0.25, 0.3) is 0 Å². The van der Waals surface area contributed by atoms with E-state index in [2.05, 4.69) is 10.3 Å². The molecule has 0 fully saturated rings. The van der Waals surface area contributed by atoms with Crippen LogP contribution < -0.4 is 5.84 Å². The molecule has 0 spiro atoms. The van der Waals surface area contributed by atoms with E-state index in [9.17, 15) is 0 Å². The third kappa shape index (κ3) is 8.94. The van der Waals surface area contributed by atoms with Gasteiger partial charge in [0.15, 0.2) is 0 Å². The first kappa shape index (κ1) is 10.2. The van der Waals surface area contributed by atoms with E-state index < -0.39 is 10.5 Å². The first-order valence-corrected chi connectivity index (χ1v) is 1.81. The monoisotopic (exact) mass is 234 g/mol. The second kappa shape index (κ2) is 6.15. The van der Waals surface area contributed by atoms with Gasteiger partial charge < -0.3 is 2.85 Å². The first-order chi connectivity index (χ1) is 2.27. The van der Waals surface area contributed by atoms with Crippen LogP contribution in [-0.2, 0) is 10.5 Å². The van der Waals surface area contributed by atoms with Crippen molar-refractivity contribution in [1.29, 1.82) is 0 Å². The zero-order valence-electron chi connectivity index (χ0n) is 4.96. The number of hydrogen-bond acceptors (Lipinski definition) is 3. The molecule has 0 aromatic heterocycles. The van der Waals surface area contributed by atoms with Gasteiger partial charge in [-0.05, 0) is 0 Å². The Hall–Kier alpha value is 1.15. The Morgan fingerprint density at radius 3 is 1.83 bits per heavy atom. The SMILES string of the molecule is NN=S(=O)=O.[Ba+2].[H-].[H-]. The fourth-order valence-corrected chi connectivity index (χ4v) is 0. The summed E-state index contributed by atoms with van der Waals surface area (Å²) < 4.78 is 20.5. The fraction of sp³-hybridized carbons (Fsp3) is 0. The van der Waals surface area contributed by atoms with E-state index >= 15 is 0 Å². The molecule has 0 amide bonds. The van der Waals surface area contributed by atoms with Gasteiger partial charge in [0.05, 0.1) is 0 Å². The quantitative estimate of drug-likeness (QED) is 0.323. The average molecular weight is 233 g/mol. The van der Waals surface area contributed by atoms with Crippen molar-refractivity contribution >= 4 is 59.4 Å². The topological polar surface area (TPSA) is 72.5 Å². The van der Waals surface area contributed by atoms with Crippen LogP contribution >= 0.6 is 0 Å². The van der Waals surface area contributed by atoms with Crippen molar-refractivity contribution in [1.82, 2.24) is 0 Å². The van der Waals surface area contributed by atoms with Crippen LogP contribution in [0.15, 0.2) is 4.47 Å². The number of nitrogens with two attached hydrogens (primary N) is 1. The minimum absolute atomic E-state index is 0. The summed E-state index contributed by atoms with van der Waals surface area (Å²) in [7, 11) is -2.42. The van der Waals surface area contributed by atoms with Gasteiger partial charge in [0.1, 0.15) is 0 Å². The van der Waals surface area contributed by atoms with Crippen molar-refractivity contribution in [3.63, 3.8) is 0 Å². The van der Waals surface area contributed by atoms with Crippen LogP contribution in [0.4, 0.5) is 0 Å². The zero-order valence-corrected chi connectivity index (χ0v) is 8.21. The van der Waals surface area contributed by atoms with E-state index in [-0.39, 0.29) is 51.7 Å². The second-order valence-electron chi connectivity index (χ2n) is 0.323. The van der Waals surface area contributed by atoms with Crippen LogP contribution in [0.1, 0.15) is 2.85 Å². The van der Waals surface area contributed by atoms with Crippen molar-refractivity contribution in [2.75, 3.05) is 0 Å². The molecule has 0 heterocycles. The average Bonchev–Trinajstić information content (AvgIpc) is 1.38. The molecule has 0 bridgehead atoms. The number of nitrogens with zero attached hydrogens (tertiary/aromatic N) is 1. The van der Waals surface area contributed by atoms with Gasteiger partial charge in [-0.25, -0.2) is 5.84 Å². The van der Waals surface area contributed by atoms with Gasteiger partial charge in [-0.15, -0.1) is 0 Å². The molecule has 0 aromatic rings. The van der Waals surface area contributed by atoms with E-state index in [1.807, 2.05) is 0 Å². The van der Waals surface area contributed by atoms with Crippen molar-refractivity contribution in [3.05, 3.63) is 0 Å². The van der Waals surface area contributed by atoms with Crippen molar-refractivity contribution in [3.8, 4) is 0 Å². The predicted molar refractivity (Wildman–Crippen MR) is 23.5 cm³/mol. The largest absolute Gasteiger partial charge is 2.00 e. The molecule has 0 saturated heterocycles. The van der Waals surface area contributed by atoms with Gasteiger partial charge in [0, 0.05) is 0 Å². The Morgan fingerprint density at radius 2 is 1.83 bits per heavy atom. The van der Waals surface area contributed by atoms with Crippen molar-refractivity contribution in [2.45, 2.75) is 0 Å². The summed E-state index contributed by atoms with van der Waals surface area (Å²) in [6.07, 6.45) is 0. The van der Waals surface area contributed by atoms with Crippen LogP contribution in [0.2, 0.25) is 0 Å². The molecule has 0 atom stereocenters. The van der Waals surface area contributed by atoms with Crippen molar-refractivity contribution in [2.24, 2.45) is 10.3 Å². The molecule has 34 valence electrons. The molecule has 0 aromatic carbocycles. The Morgan fingerprint density at radius 1 is 1.67 bits per heavy atom. The minimum Gasteiger partial charge on any atom is -1.00 e. The van der Waals surface area contributed by atoms with E-state index in [4.69, 9.17) is 8.42 Å². The summed E-state index contributed by atoms with van der Waals surface area (Å²) in [5, 5.41) is 0. The van der Waals surface area contributed by atoms with Crippen LogP contribution in [0.25, 0.3) is 0 Å². The molecule has 2 N–H and O–H groups in total. The van der Waals surface area contributed by atoms with E-state index in [0.717, 1.165) is 0 Å². The maximum absolute atomic E-state index is 9.08. The molecule has 6 heteroatoms. The summed E-state index contributed by atoms with van der Waals surface area (Å²) in [5.74, 6) is 4.18. The maximum Gasteiger partial charge on any atom is 2.00 e. The summed E-state index contributed by atoms with van der Waals surface area (Å²) in [5.41, 5.74) is 0. The summed E-state index contributed by atoms with van der Waals surface area (Å²) >= 11 is 0. The third-order valence-electron chi connectivity index (χ3n) is 0.0861. The van der Waals surface area contributed by atoms with E-state index in [1.165, 1.54) is 0 Å². The summed E-state index contributed by atoms with van der Waals surface area (Å²) in [6.45, 7) is 0. The maximum atomic E-state index is 9.08. The molecule has 0 aliphatic heterocycles. The normalized spacial score (nSPS) is 5.50. The third-order valence-corrected chi connectivity index (χ3v) is 0.258. The molecular formula is H4BaN2O2S. The molecule has 0 unspecified atom stereocenters. The molecular weight excluding hydrogens is 229 g/mol. The predicted octanol–water partition coefficient (Wildman–Crippen LogP) is -1.23. The van der Waals surface area contributed by atoms with Gasteiger partial charge in [0.2, 0.25) is 0 Å². The van der Waals surface area contributed by atoms with E-state index in [1.54, 1.807) is 0 Å². The smallest absolute Gasteiger partial charge is 1.00 e. The van der Waals surface area contributed by atoms with Crippen LogP contribution in [-0.4, -0.2) is 57.3 Å². The second-order valence-corrected chi connectivity index (χ2v) is 0.968. The molecule has 0 aliphatic rings. The first-order valence-electron chi connectivity index (χ1n) is 0.774. The summed E-state index contributed by atoms with van der Waals surface area (Å²) in [4.78, 5) is 0. The number of hydrogen-bond donors (Lipinski definition) is 1. The number of rotatable bonds is 0. The van der Waals surface area contributed by atoms with Gasteiger partial charge in [-0.2, -0.15) is 8.42 Å². The zero-order chi connectivity index (χ0) is 4.28. The van der Waals surface area contributed by atoms with Gasteiger partial charge in [-0.1, -0.05) is 4.47 Å². The Labute approximate surface area is 79.8 Å². The van der Waals surface area contributed by atoms with Gasteiger partial charge in [-0.3, -0.25) is 0 Å². The van der Waals surface area contributed by atoms with Crippen LogP contribution in [0, 0.1) is 0 Å². The standard InChI is InChI=1S/Ba.H2N2O2S.2H/c;1-2-5(3)4;;/h;1H2;;/q+2;;2*-1. The molecule has 6 heavy (non-hydrogen) atoms. The van der Waals surface area contributed by atoms with E-state index in [0.29, 0.717) is 0 Å².